The molecule has 0 radical (unpaired) electrons. The normalized spacial score (nSPS) is 11.4. The third-order valence-corrected chi connectivity index (χ3v) is 3.20. The number of hydrogen-bond donors (Lipinski definition) is 2. The number of halogens is 1. The Balaban J connectivity index is 2.29. The first-order chi connectivity index (χ1) is 10.9. The van der Waals surface area contributed by atoms with Crippen LogP contribution >= 0.6 is 11.6 Å². The van der Waals surface area contributed by atoms with Gasteiger partial charge in [-0.05, 0) is 37.6 Å². The van der Waals surface area contributed by atoms with E-state index in [1.165, 1.54) is 6.92 Å². The lowest BCUT2D eigenvalue weighted by molar-refractivity contribution is -0.154. The minimum Gasteiger partial charge on any atom is -0.452 e. The van der Waals surface area contributed by atoms with Crippen LogP contribution in [0.5, 0.6) is 0 Å². The number of nitrogens with one attached hydrogen (secondary N) is 2. The summed E-state index contributed by atoms with van der Waals surface area (Å²) >= 11 is 5.74. The van der Waals surface area contributed by atoms with Gasteiger partial charge in [-0.15, -0.1) is 0 Å². The van der Waals surface area contributed by atoms with Crippen molar-refractivity contribution < 1.29 is 19.1 Å². The van der Waals surface area contributed by atoms with Gasteiger partial charge < -0.3 is 15.4 Å². The van der Waals surface area contributed by atoms with E-state index in [9.17, 15) is 14.4 Å². The van der Waals surface area contributed by atoms with Gasteiger partial charge in [0.1, 0.15) is 0 Å². The molecule has 0 heterocycles. The van der Waals surface area contributed by atoms with E-state index in [1.54, 1.807) is 24.3 Å². The summed E-state index contributed by atoms with van der Waals surface area (Å²) < 4.78 is 4.99. The quantitative estimate of drug-likeness (QED) is 0.708. The highest BCUT2D eigenvalue weighted by Gasteiger charge is 2.17. The van der Waals surface area contributed by atoms with E-state index in [0.717, 1.165) is 6.42 Å². The molecule has 1 rings (SSSR count). The van der Waals surface area contributed by atoms with E-state index >= 15 is 0 Å². The molecule has 0 aliphatic rings. The average Bonchev–Trinajstić information content (AvgIpc) is 2.52. The molecule has 23 heavy (non-hydrogen) atoms. The van der Waals surface area contributed by atoms with Crippen molar-refractivity contribution in [2.24, 2.45) is 0 Å². The van der Waals surface area contributed by atoms with Gasteiger partial charge in [0.25, 0.3) is 11.8 Å². The molecule has 2 N–H and O–H groups in total. The van der Waals surface area contributed by atoms with Crippen LogP contribution in [0.25, 0.3) is 0 Å². The summed E-state index contributed by atoms with van der Waals surface area (Å²) in [5, 5.41) is 5.79. The van der Waals surface area contributed by atoms with Crippen LogP contribution in [0, 0.1) is 0 Å². The third-order valence-electron chi connectivity index (χ3n) is 2.95. The van der Waals surface area contributed by atoms with Gasteiger partial charge in [-0.1, -0.05) is 18.5 Å². The van der Waals surface area contributed by atoms with Crippen LogP contribution in [0.15, 0.2) is 24.3 Å². The van der Waals surface area contributed by atoms with Gasteiger partial charge >= 0.3 is 5.97 Å². The zero-order valence-corrected chi connectivity index (χ0v) is 14.0. The van der Waals surface area contributed by atoms with Gasteiger partial charge in [-0.25, -0.2) is 0 Å². The van der Waals surface area contributed by atoms with Gasteiger partial charge in [0.05, 0.1) is 6.42 Å². The van der Waals surface area contributed by atoms with Crippen molar-refractivity contribution in [3.63, 3.8) is 0 Å². The highest BCUT2D eigenvalue weighted by molar-refractivity contribution is 6.30. The van der Waals surface area contributed by atoms with Crippen molar-refractivity contribution in [3.05, 3.63) is 34.9 Å². The zero-order valence-electron chi connectivity index (χ0n) is 13.2. The molecule has 0 aliphatic heterocycles. The second-order valence-corrected chi connectivity index (χ2v) is 5.37. The van der Waals surface area contributed by atoms with Gasteiger partial charge in [0, 0.05) is 23.7 Å². The fraction of sp³-hybridized carbons (Fsp3) is 0.438. The second kappa shape index (κ2) is 9.84. The number of amides is 2. The van der Waals surface area contributed by atoms with E-state index in [-0.39, 0.29) is 24.8 Å². The number of esters is 1. The first-order valence-electron chi connectivity index (χ1n) is 7.45. The Kier molecular flexibility index (Phi) is 8.11. The van der Waals surface area contributed by atoms with Crippen LogP contribution in [0.3, 0.4) is 0 Å². The number of carbonyl (C=O) groups excluding carboxylic acids is 3. The van der Waals surface area contributed by atoms with Crippen molar-refractivity contribution >= 4 is 29.4 Å². The van der Waals surface area contributed by atoms with Crippen molar-refractivity contribution in [2.45, 2.75) is 32.8 Å². The molecule has 7 heteroatoms. The van der Waals surface area contributed by atoms with Crippen LogP contribution in [0.2, 0.25) is 5.02 Å². The number of rotatable bonds is 8. The van der Waals surface area contributed by atoms with E-state index < -0.39 is 12.1 Å². The molecule has 0 saturated carbocycles. The average molecular weight is 341 g/mol. The van der Waals surface area contributed by atoms with Gasteiger partial charge in [-0.3, -0.25) is 14.4 Å². The molecule has 0 aliphatic carbocycles. The summed E-state index contributed by atoms with van der Waals surface area (Å²) in [6.45, 7) is 4.11. The second-order valence-electron chi connectivity index (χ2n) is 4.94. The molecule has 0 aromatic heterocycles. The molecule has 2 amide bonds. The lowest BCUT2D eigenvalue weighted by atomic mass is 10.2. The summed E-state index contributed by atoms with van der Waals surface area (Å²) in [6.07, 6.45) is -0.0468. The molecule has 0 saturated heterocycles. The molecule has 0 fully saturated rings. The number of benzene rings is 1. The summed E-state index contributed by atoms with van der Waals surface area (Å²) in [4.78, 5) is 35.0. The largest absolute Gasteiger partial charge is 0.452 e. The van der Waals surface area contributed by atoms with Gasteiger partial charge in [-0.2, -0.15) is 0 Å². The lowest BCUT2D eigenvalue weighted by Gasteiger charge is -2.13. The maximum atomic E-state index is 11.8. The Morgan fingerprint density at radius 1 is 1.13 bits per heavy atom. The molecule has 1 aromatic rings. The summed E-state index contributed by atoms with van der Waals surface area (Å²) in [7, 11) is 0. The first-order valence-corrected chi connectivity index (χ1v) is 7.82. The SMILES string of the molecule is CCCNC(=O)[C@H](C)OC(=O)CCNC(=O)c1ccc(Cl)cc1. The number of carbonyl (C=O) groups is 3. The molecule has 6 nitrogen and oxygen atoms in total. The maximum absolute atomic E-state index is 11.8. The molecule has 0 bridgehead atoms. The van der Waals surface area contributed by atoms with Crippen LogP contribution < -0.4 is 10.6 Å². The topological polar surface area (TPSA) is 84.5 Å². The van der Waals surface area contributed by atoms with E-state index in [4.69, 9.17) is 16.3 Å². The fourth-order valence-corrected chi connectivity index (χ4v) is 1.81. The number of ether oxygens (including phenoxy) is 1. The van der Waals surface area contributed by atoms with E-state index in [2.05, 4.69) is 10.6 Å². The first kappa shape index (κ1) is 19.0. The van der Waals surface area contributed by atoms with E-state index in [1.807, 2.05) is 6.92 Å². The van der Waals surface area contributed by atoms with Crippen LogP contribution in [0.1, 0.15) is 37.0 Å². The van der Waals surface area contributed by atoms with Crippen LogP contribution in [-0.2, 0) is 14.3 Å². The Morgan fingerprint density at radius 3 is 2.39 bits per heavy atom. The smallest absolute Gasteiger partial charge is 0.308 e. The molecular formula is C16H21ClN2O4. The molecule has 0 unspecified atom stereocenters. The van der Waals surface area contributed by atoms with Crippen molar-refractivity contribution in [1.29, 1.82) is 0 Å². The molecule has 1 aromatic carbocycles. The molecule has 0 spiro atoms. The fourth-order valence-electron chi connectivity index (χ4n) is 1.68. The van der Waals surface area contributed by atoms with Gasteiger partial charge in [0.2, 0.25) is 0 Å². The van der Waals surface area contributed by atoms with Crippen molar-refractivity contribution in [2.75, 3.05) is 13.1 Å². The Hall–Kier alpha value is -2.08. The lowest BCUT2D eigenvalue weighted by Crippen LogP contribution is -2.36. The Morgan fingerprint density at radius 2 is 1.78 bits per heavy atom. The number of hydrogen-bond acceptors (Lipinski definition) is 4. The van der Waals surface area contributed by atoms with Gasteiger partial charge in [0.15, 0.2) is 6.10 Å². The minimum atomic E-state index is -0.846. The Labute approximate surface area is 140 Å². The van der Waals surface area contributed by atoms with Crippen LogP contribution in [-0.4, -0.2) is 37.0 Å². The molecule has 126 valence electrons. The van der Waals surface area contributed by atoms with Crippen molar-refractivity contribution in [3.8, 4) is 0 Å². The maximum Gasteiger partial charge on any atom is 0.308 e. The summed E-state index contributed by atoms with van der Waals surface area (Å²) in [5.74, 6) is -1.17. The zero-order chi connectivity index (χ0) is 17.2. The van der Waals surface area contributed by atoms with Crippen molar-refractivity contribution in [1.82, 2.24) is 10.6 Å². The van der Waals surface area contributed by atoms with E-state index in [0.29, 0.717) is 17.1 Å². The van der Waals surface area contributed by atoms with Crippen LogP contribution in [0.4, 0.5) is 0 Å². The monoisotopic (exact) mass is 340 g/mol. The highest BCUT2D eigenvalue weighted by Crippen LogP contribution is 2.09. The molecule has 1 atom stereocenters. The minimum absolute atomic E-state index is 0.00920. The summed E-state index contributed by atoms with van der Waals surface area (Å²) in [6, 6.07) is 6.41. The standard InChI is InChI=1S/C16H21ClN2O4/c1-3-9-18-15(21)11(2)23-14(20)8-10-19-16(22)12-4-6-13(17)7-5-12/h4-7,11H,3,8-10H2,1-2H3,(H,18,21)(H,19,22)/t11-/m0/s1. The third kappa shape index (κ3) is 7.15. The predicted molar refractivity (Wildman–Crippen MR) is 87.3 cm³/mol. The Bertz CT molecular complexity index is 546. The molecular weight excluding hydrogens is 320 g/mol. The summed E-state index contributed by atoms with van der Waals surface area (Å²) in [5.41, 5.74) is 0.454. The predicted octanol–water partition coefficient (Wildman–Crippen LogP) is 1.92. The highest BCUT2D eigenvalue weighted by atomic mass is 35.5.